The monoisotopic (exact) mass is 269 g/mol. The second-order valence-corrected chi connectivity index (χ2v) is 5.82. The van der Waals surface area contributed by atoms with E-state index in [9.17, 15) is 0 Å². The molecule has 0 aliphatic heterocycles. The summed E-state index contributed by atoms with van der Waals surface area (Å²) in [4.78, 5) is 7.51. The Morgan fingerprint density at radius 3 is 2.55 bits per heavy atom. The molecule has 3 nitrogen and oxygen atoms in total. The lowest BCUT2D eigenvalue weighted by Crippen LogP contribution is -2.35. The number of nitrogens with zero attached hydrogens (tertiary/aromatic N) is 1. The summed E-state index contributed by atoms with van der Waals surface area (Å²) in [7, 11) is 0. The van der Waals surface area contributed by atoms with Crippen LogP contribution in [0.5, 0.6) is 0 Å². The average Bonchev–Trinajstić information content (AvgIpc) is 3.03. The van der Waals surface area contributed by atoms with Crippen molar-refractivity contribution in [1.29, 1.82) is 0 Å². The third kappa shape index (κ3) is 3.10. The first-order valence-corrected chi connectivity index (χ1v) is 7.63. The van der Waals surface area contributed by atoms with E-state index in [2.05, 4.69) is 52.5 Å². The highest BCUT2D eigenvalue weighted by atomic mass is 15.0. The summed E-state index contributed by atoms with van der Waals surface area (Å²) in [6.07, 6.45) is 8.79. The predicted molar refractivity (Wildman–Crippen MR) is 81.6 cm³/mol. The Kier molecular flexibility index (Phi) is 4.16. The van der Waals surface area contributed by atoms with Crippen LogP contribution >= 0.6 is 0 Å². The summed E-state index contributed by atoms with van der Waals surface area (Å²) in [5.41, 5.74) is 1.50. The zero-order valence-corrected chi connectivity index (χ0v) is 12.0. The normalized spacial score (nSPS) is 24.4. The van der Waals surface area contributed by atoms with Gasteiger partial charge in [0.1, 0.15) is 5.82 Å². The highest BCUT2D eigenvalue weighted by Gasteiger charge is 2.23. The van der Waals surface area contributed by atoms with Gasteiger partial charge >= 0.3 is 0 Å². The molecular weight excluding hydrogens is 246 g/mol. The maximum atomic E-state index is 4.33. The van der Waals surface area contributed by atoms with Gasteiger partial charge in [0.15, 0.2) is 0 Å². The summed E-state index contributed by atoms with van der Waals surface area (Å²) in [6.45, 7) is 2.18. The van der Waals surface area contributed by atoms with E-state index >= 15 is 0 Å². The van der Waals surface area contributed by atoms with Crippen LogP contribution in [0.1, 0.15) is 56.0 Å². The molecule has 106 valence electrons. The predicted octanol–water partition coefficient (Wildman–Crippen LogP) is 3.79. The average molecular weight is 269 g/mol. The van der Waals surface area contributed by atoms with Gasteiger partial charge in [0.2, 0.25) is 0 Å². The van der Waals surface area contributed by atoms with E-state index in [1.54, 1.807) is 0 Å². The van der Waals surface area contributed by atoms with E-state index in [1.807, 2.05) is 12.4 Å². The summed E-state index contributed by atoms with van der Waals surface area (Å²) in [5.74, 6) is 1.78. The number of aromatic nitrogens is 2. The highest BCUT2D eigenvalue weighted by molar-refractivity contribution is 5.20. The molecule has 3 heteroatoms. The Balaban J connectivity index is 1.51. The molecule has 0 amide bonds. The molecule has 0 bridgehead atoms. The molecule has 1 atom stereocenters. The van der Waals surface area contributed by atoms with E-state index in [0.29, 0.717) is 12.1 Å². The van der Waals surface area contributed by atoms with Crippen molar-refractivity contribution in [3.8, 4) is 0 Å². The Morgan fingerprint density at radius 2 is 1.90 bits per heavy atom. The minimum absolute atomic E-state index is 0.309. The SMILES string of the molecule is CC(NC1CCC(c2ccccc2)CC1)c1ncc[nH]1. The Labute approximate surface area is 120 Å². The first-order valence-electron chi connectivity index (χ1n) is 7.63. The standard InChI is InChI=1S/C17H23N3/c1-13(17-18-11-12-19-17)20-16-9-7-15(8-10-16)14-5-3-2-4-6-14/h2-6,11-13,15-16,20H,7-10H2,1H3,(H,18,19). The van der Waals surface area contributed by atoms with E-state index in [1.165, 1.54) is 31.2 Å². The second-order valence-electron chi connectivity index (χ2n) is 5.82. The van der Waals surface area contributed by atoms with E-state index < -0.39 is 0 Å². The molecule has 1 unspecified atom stereocenters. The van der Waals surface area contributed by atoms with Crippen molar-refractivity contribution < 1.29 is 0 Å². The van der Waals surface area contributed by atoms with Gasteiger partial charge < -0.3 is 10.3 Å². The molecular formula is C17H23N3. The van der Waals surface area contributed by atoms with Gasteiger partial charge in [-0.3, -0.25) is 0 Å². The van der Waals surface area contributed by atoms with E-state index in [-0.39, 0.29) is 0 Å². The van der Waals surface area contributed by atoms with Gasteiger partial charge in [-0.25, -0.2) is 4.98 Å². The fourth-order valence-electron chi connectivity index (χ4n) is 3.27. The van der Waals surface area contributed by atoms with Crippen LogP contribution in [0.4, 0.5) is 0 Å². The number of nitrogens with one attached hydrogen (secondary N) is 2. The van der Waals surface area contributed by atoms with Crippen LogP contribution in [0.2, 0.25) is 0 Å². The molecule has 1 aromatic heterocycles. The molecule has 3 rings (SSSR count). The van der Waals surface area contributed by atoms with Crippen molar-refractivity contribution >= 4 is 0 Å². The van der Waals surface area contributed by atoms with Gasteiger partial charge in [0.25, 0.3) is 0 Å². The third-order valence-electron chi connectivity index (χ3n) is 4.41. The molecule has 0 radical (unpaired) electrons. The number of aromatic amines is 1. The minimum atomic E-state index is 0.309. The Bertz CT molecular complexity index is 498. The fraction of sp³-hybridized carbons (Fsp3) is 0.471. The fourth-order valence-corrected chi connectivity index (χ4v) is 3.27. The number of hydrogen-bond acceptors (Lipinski definition) is 2. The van der Waals surface area contributed by atoms with Crippen molar-refractivity contribution in [2.45, 2.75) is 50.6 Å². The number of benzene rings is 1. The number of hydrogen-bond donors (Lipinski definition) is 2. The lowest BCUT2D eigenvalue weighted by atomic mass is 9.81. The summed E-state index contributed by atoms with van der Waals surface area (Å²) in [6, 6.07) is 11.9. The second kappa shape index (κ2) is 6.23. The van der Waals surface area contributed by atoms with E-state index in [0.717, 1.165) is 11.7 Å². The van der Waals surface area contributed by atoms with Crippen LogP contribution in [-0.4, -0.2) is 16.0 Å². The van der Waals surface area contributed by atoms with Crippen molar-refractivity contribution in [3.63, 3.8) is 0 Å². The molecule has 20 heavy (non-hydrogen) atoms. The molecule has 1 aliphatic rings. The minimum Gasteiger partial charge on any atom is -0.347 e. The van der Waals surface area contributed by atoms with Crippen LogP contribution < -0.4 is 5.32 Å². The lowest BCUT2D eigenvalue weighted by Gasteiger charge is -2.31. The van der Waals surface area contributed by atoms with Gasteiger partial charge in [0.05, 0.1) is 6.04 Å². The number of rotatable bonds is 4. The van der Waals surface area contributed by atoms with Gasteiger partial charge in [-0.05, 0) is 44.1 Å². The van der Waals surface area contributed by atoms with Gasteiger partial charge in [-0.15, -0.1) is 0 Å². The Hall–Kier alpha value is -1.61. The smallest absolute Gasteiger partial charge is 0.122 e. The summed E-state index contributed by atoms with van der Waals surface area (Å²) in [5, 5.41) is 3.70. The largest absolute Gasteiger partial charge is 0.347 e. The molecule has 1 fully saturated rings. The van der Waals surface area contributed by atoms with Crippen LogP contribution in [0, 0.1) is 0 Å². The molecule has 1 aliphatic carbocycles. The number of H-pyrrole nitrogens is 1. The Morgan fingerprint density at radius 1 is 1.15 bits per heavy atom. The molecule has 1 saturated carbocycles. The van der Waals surface area contributed by atoms with Crippen molar-refractivity contribution in [2.24, 2.45) is 0 Å². The van der Waals surface area contributed by atoms with Crippen LogP contribution in [0.3, 0.4) is 0 Å². The molecule has 0 saturated heterocycles. The van der Waals surface area contributed by atoms with Crippen LogP contribution in [0.15, 0.2) is 42.7 Å². The third-order valence-corrected chi connectivity index (χ3v) is 4.41. The summed E-state index contributed by atoms with van der Waals surface area (Å²) < 4.78 is 0. The maximum Gasteiger partial charge on any atom is 0.122 e. The molecule has 2 aromatic rings. The first kappa shape index (κ1) is 13.4. The van der Waals surface area contributed by atoms with Crippen molar-refractivity contribution in [1.82, 2.24) is 15.3 Å². The zero-order chi connectivity index (χ0) is 13.8. The maximum absolute atomic E-state index is 4.33. The van der Waals surface area contributed by atoms with E-state index in [4.69, 9.17) is 0 Å². The topological polar surface area (TPSA) is 40.7 Å². The zero-order valence-electron chi connectivity index (χ0n) is 12.0. The molecule has 2 N–H and O–H groups in total. The van der Waals surface area contributed by atoms with Crippen molar-refractivity contribution in [3.05, 3.63) is 54.1 Å². The van der Waals surface area contributed by atoms with Gasteiger partial charge in [0, 0.05) is 18.4 Å². The lowest BCUT2D eigenvalue weighted by molar-refractivity contribution is 0.318. The van der Waals surface area contributed by atoms with Crippen molar-refractivity contribution in [2.75, 3.05) is 0 Å². The van der Waals surface area contributed by atoms with Gasteiger partial charge in [-0.1, -0.05) is 30.3 Å². The highest BCUT2D eigenvalue weighted by Crippen LogP contribution is 2.33. The molecule has 0 spiro atoms. The van der Waals surface area contributed by atoms with Crippen LogP contribution in [0.25, 0.3) is 0 Å². The molecule has 1 aromatic carbocycles. The quantitative estimate of drug-likeness (QED) is 0.886. The molecule has 1 heterocycles. The van der Waals surface area contributed by atoms with Gasteiger partial charge in [-0.2, -0.15) is 0 Å². The number of imidazole rings is 1. The van der Waals surface area contributed by atoms with Crippen LogP contribution in [-0.2, 0) is 0 Å². The summed E-state index contributed by atoms with van der Waals surface area (Å²) >= 11 is 0. The first-order chi connectivity index (χ1) is 9.83.